The van der Waals surface area contributed by atoms with Crippen molar-refractivity contribution in [1.82, 2.24) is 34.4 Å². The van der Waals surface area contributed by atoms with Crippen molar-refractivity contribution < 1.29 is 47.7 Å². The Morgan fingerprint density at radius 3 is 2.45 bits per heavy atom. The minimum atomic E-state index is -1.14. The number of rotatable bonds is 14. The van der Waals surface area contributed by atoms with Crippen LogP contribution in [-0.2, 0) is 34.4 Å². The van der Waals surface area contributed by atoms with Gasteiger partial charge < -0.3 is 24.0 Å². The number of amides is 5. The van der Waals surface area contributed by atoms with Crippen molar-refractivity contribution in [2.24, 2.45) is 13.0 Å². The molecule has 4 aromatic carbocycles. The Balaban J connectivity index is 0.868. The zero-order chi connectivity index (χ0) is 48.4. The number of nitrogens with one attached hydrogen (secondary N) is 1. The fourth-order valence-corrected chi connectivity index (χ4v) is 11.2. The first-order chi connectivity index (χ1) is 33.2. The number of halogens is 2. The molecule has 0 radical (unpaired) electrons. The van der Waals surface area contributed by atoms with E-state index < -0.39 is 35.6 Å². The summed E-state index contributed by atoms with van der Waals surface area (Å²) in [7, 11) is 1.86. The van der Waals surface area contributed by atoms with Gasteiger partial charge in [0, 0.05) is 73.3 Å². The van der Waals surface area contributed by atoms with Crippen LogP contribution in [0.2, 0.25) is 5.02 Å². The molecule has 356 valence electrons. The molecule has 4 aliphatic rings. The number of carboxylic acids is 1. The number of carbonyl (C=O) groups excluding carboxylic acids is 5. The molecular weight excluding hydrogens is 909 g/mol. The summed E-state index contributed by atoms with van der Waals surface area (Å²) in [6.07, 6.45) is 1.71. The van der Waals surface area contributed by atoms with Gasteiger partial charge in [-0.05, 0) is 105 Å². The molecule has 69 heavy (non-hydrogen) atoms. The van der Waals surface area contributed by atoms with Crippen molar-refractivity contribution in [3.8, 4) is 22.6 Å². The summed E-state index contributed by atoms with van der Waals surface area (Å²) >= 11 is 7.10. The number of hydrogen-bond donors (Lipinski definition) is 2. The summed E-state index contributed by atoms with van der Waals surface area (Å²) < 4.78 is 29.8. The molecule has 6 heterocycles. The maximum absolute atomic E-state index is 14.0. The highest BCUT2D eigenvalue weighted by molar-refractivity contribution is 6.35. The van der Waals surface area contributed by atoms with Crippen LogP contribution in [0.25, 0.3) is 32.8 Å². The number of hydrogen-bond acceptors (Lipinski definition) is 10. The average Bonchev–Trinajstić information content (AvgIpc) is 4.11. The van der Waals surface area contributed by atoms with Gasteiger partial charge in [0.05, 0.1) is 34.0 Å². The van der Waals surface area contributed by atoms with Crippen LogP contribution in [0.4, 0.5) is 4.39 Å². The van der Waals surface area contributed by atoms with Crippen LogP contribution in [0.1, 0.15) is 73.8 Å². The van der Waals surface area contributed by atoms with Crippen LogP contribution in [0.5, 0.6) is 11.5 Å². The van der Waals surface area contributed by atoms with Gasteiger partial charge in [-0.15, -0.1) is 0 Å². The SMILES string of the molecule is Cc1nn(C)c(C)c1-c1c(Cl)ccc2c(CCCOc3cccc4cc(F)ccc34)c(C(=O)O)n(CCN3CCC4CN(C(=O)COc5cccc6c5C(=O)N(C5CCC(=O)NC5=O)C6=O)CC43)c12. The van der Waals surface area contributed by atoms with Crippen LogP contribution in [0.15, 0.2) is 66.7 Å². The number of carboxylic acid groups (broad SMARTS) is 1. The largest absolute Gasteiger partial charge is 0.493 e. The summed E-state index contributed by atoms with van der Waals surface area (Å²) in [4.78, 5) is 83.5. The number of aromatic carboxylic acids is 1. The molecule has 2 aromatic heterocycles. The zero-order valence-corrected chi connectivity index (χ0v) is 39.0. The lowest BCUT2D eigenvalue weighted by molar-refractivity contribution is -0.136. The highest BCUT2D eigenvalue weighted by Crippen LogP contribution is 2.43. The third-order valence-electron chi connectivity index (χ3n) is 14.3. The summed E-state index contributed by atoms with van der Waals surface area (Å²) in [5.74, 6) is -3.46. The second kappa shape index (κ2) is 18.1. The van der Waals surface area contributed by atoms with Gasteiger partial charge in [-0.1, -0.05) is 35.9 Å². The molecule has 10 rings (SSSR count). The highest BCUT2D eigenvalue weighted by atomic mass is 35.5. The number of carbonyl (C=O) groups is 6. The topological polar surface area (TPSA) is 186 Å². The summed E-state index contributed by atoms with van der Waals surface area (Å²) in [5.41, 5.74) is 4.73. The highest BCUT2D eigenvalue weighted by Gasteiger charge is 2.47. The lowest BCUT2D eigenvalue weighted by atomic mass is 9.98. The van der Waals surface area contributed by atoms with Crippen molar-refractivity contribution in [3.05, 3.63) is 111 Å². The number of nitrogens with zero attached hydrogens (tertiary/aromatic N) is 6. The summed E-state index contributed by atoms with van der Waals surface area (Å²) in [5, 5.41) is 20.7. The molecule has 0 aliphatic carbocycles. The standard InChI is InChI=1S/C51H49ClFN7O9/c1-27-43(28(2)56(3)55-27)45-36(52)15-14-34-33(9-6-22-68-39-10-4-7-29-23-31(53)12-13-32(29)39)47(51(66)67)59(46(34)45)21-20-57-19-18-30-24-58(25-38(30)57)42(62)26-69-40-11-5-8-35-44(40)50(65)60(49(35)64)37-16-17-41(61)54-48(37)63/h4-5,7-8,10-15,23,30,37-38H,6,9,16-22,24-26H2,1-3H3,(H,66,67)(H,54,61,63). The Morgan fingerprint density at radius 1 is 0.899 bits per heavy atom. The van der Waals surface area contributed by atoms with E-state index in [-0.39, 0.29) is 72.3 Å². The lowest BCUT2D eigenvalue weighted by Crippen LogP contribution is -2.54. The van der Waals surface area contributed by atoms with Crippen molar-refractivity contribution in [1.29, 1.82) is 0 Å². The van der Waals surface area contributed by atoms with Gasteiger partial charge in [-0.25, -0.2) is 9.18 Å². The van der Waals surface area contributed by atoms with E-state index in [1.54, 1.807) is 21.7 Å². The molecule has 16 nitrogen and oxygen atoms in total. The fourth-order valence-electron chi connectivity index (χ4n) is 11.0. The molecular formula is C51H49ClFN7O9. The Kier molecular flexibility index (Phi) is 12.0. The predicted octanol–water partition coefficient (Wildman–Crippen LogP) is 6.33. The molecule has 3 fully saturated rings. The molecule has 0 bridgehead atoms. The van der Waals surface area contributed by atoms with Crippen molar-refractivity contribution in [2.75, 3.05) is 39.4 Å². The van der Waals surface area contributed by atoms with Gasteiger partial charge in [-0.2, -0.15) is 5.10 Å². The van der Waals surface area contributed by atoms with Gasteiger partial charge in [0.15, 0.2) is 6.61 Å². The number of benzene rings is 4. The van der Waals surface area contributed by atoms with Gasteiger partial charge in [0.1, 0.15) is 29.1 Å². The quantitative estimate of drug-likeness (QED) is 0.0919. The minimum Gasteiger partial charge on any atom is -0.493 e. The molecule has 5 amide bonds. The molecule has 0 saturated carbocycles. The average molecular weight is 958 g/mol. The zero-order valence-electron chi connectivity index (χ0n) is 38.2. The Labute approximate surface area is 400 Å². The van der Waals surface area contributed by atoms with E-state index in [2.05, 4.69) is 15.3 Å². The summed E-state index contributed by atoms with van der Waals surface area (Å²) in [6, 6.07) is 17.1. The van der Waals surface area contributed by atoms with Crippen LogP contribution < -0.4 is 14.8 Å². The number of aromatic nitrogens is 3. The van der Waals surface area contributed by atoms with Crippen molar-refractivity contribution >= 4 is 68.8 Å². The number of aryl methyl sites for hydroxylation is 3. The first kappa shape index (κ1) is 45.7. The van der Waals surface area contributed by atoms with Crippen LogP contribution in [0.3, 0.4) is 0 Å². The lowest BCUT2D eigenvalue weighted by Gasteiger charge is -2.27. The number of imide groups is 2. The Bertz CT molecular complexity index is 3160. The van der Waals surface area contributed by atoms with Crippen molar-refractivity contribution in [2.45, 2.75) is 64.6 Å². The molecule has 4 aliphatic heterocycles. The molecule has 2 N–H and O–H groups in total. The monoisotopic (exact) mass is 957 g/mol. The van der Waals surface area contributed by atoms with E-state index in [4.69, 9.17) is 21.1 Å². The normalized spacial score (nSPS) is 19.2. The first-order valence-corrected chi connectivity index (χ1v) is 23.5. The summed E-state index contributed by atoms with van der Waals surface area (Å²) in [6.45, 7) is 6.24. The van der Waals surface area contributed by atoms with E-state index in [0.29, 0.717) is 66.4 Å². The second-order valence-corrected chi connectivity index (χ2v) is 18.6. The smallest absolute Gasteiger partial charge is 0.352 e. The maximum Gasteiger partial charge on any atom is 0.352 e. The van der Waals surface area contributed by atoms with Gasteiger partial charge >= 0.3 is 5.97 Å². The molecule has 6 aromatic rings. The van der Waals surface area contributed by atoms with Gasteiger partial charge in [-0.3, -0.25) is 43.8 Å². The van der Waals surface area contributed by atoms with Crippen molar-refractivity contribution in [3.63, 3.8) is 0 Å². The van der Waals surface area contributed by atoms with E-state index in [9.17, 15) is 38.3 Å². The number of piperidine rings is 1. The van der Waals surface area contributed by atoms with E-state index in [1.807, 2.05) is 55.8 Å². The molecule has 18 heteroatoms. The van der Waals surface area contributed by atoms with Gasteiger partial charge in [0.2, 0.25) is 11.8 Å². The number of ether oxygens (including phenoxy) is 2. The molecule has 3 saturated heterocycles. The molecule has 3 unspecified atom stereocenters. The minimum absolute atomic E-state index is 0.000596. The van der Waals surface area contributed by atoms with E-state index in [0.717, 1.165) is 51.0 Å². The Morgan fingerprint density at radius 2 is 1.68 bits per heavy atom. The number of likely N-dealkylation sites (tertiary alicyclic amines) is 2. The van der Waals surface area contributed by atoms with Gasteiger partial charge in [0.25, 0.3) is 17.7 Å². The van der Waals surface area contributed by atoms with E-state index >= 15 is 0 Å². The number of fused-ring (bicyclic) bond motifs is 4. The van der Waals surface area contributed by atoms with Crippen LogP contribution in [0, 0.1) is 25.6 Å². The molecule has 3 atom stereocenters. The third-order valence-corrected chi connectivity index (χ3v) is 14.6. The van der Waals surface area contributed by atoms with Crippen LogP contribution in [-0.4, -0.2) is 121 Å². The second-order valence-electron chi connectivity index (χ2n) is 18.2. The molecule has 0 spiro atoms. The Hall–Kier alpha value is -7.11. The predicted molar refractivity (Wildman–Crippen MR) is 252 cm³/mol. The van der Waals surface area contributed by atoms with E-state index in [1.165, 1.54) is 24.3 Å². The maximum atomic E-state index is 14.0. The first-order valence-electron chi connectivity index (χ1n) is 23.1. The fraction of sp³-hybridized carbons (Fsp3) is 0.353. The van der Waals surface area contributed by atoms with Crippen LogP contribution >= 0.6 is 11.6 Å². The third kappa shape index (κ3) is 8.06.